The van der Waals surface area contributed by atoms with Crippen LogP contribution in [0.1, 0.15) is 11.1 Å². The third kappa shape index (κ3) is 2.95. The van der Waals surface area contributed by atoms with E-state index in [0.29, 0.717) is 16.9 Å². The van der Waals surface area contributed by atoms with Crippen molar-refractivity contribution in [3.63, 3.8) is 0 Å². The molecule has 1 aromatic carbocycles. The topological polar surface area (TPSA) is 81.8 Å². The van der Waals surface area contributed by atoms with E-state index in [-0.39, 0.29) is 6.54 Å². The highest BCUT2D eigenvalue weighted by Gasteiger charge is 2.00. The largest absolute Gasteiger partial charge is 0.497 e. The lowest BCUT2D eigenvalue weighted by molar-refractivity contribution is 0.414. The van der Waals surface area contributed by atoms with E-state index in [9.17, 15) is 0 Å². The fourth-order valence-corrected chi connectivity index (χ4v) is 1.05. The molecular weight excluding hydrogens is 204 g/mol. The maximum Gasteiger partial charge on any atom is 0.120 e. The van der Waals surface area contributed by atoms with Gasteiger partial charge in [-0.2, -0.15) is 5.26 Å². The molecule has 0 heterocycles. The molecule has 0 saturated carbocycles. The molecule has 0 amide bonds. The molecule has 1 rings (SSSR count). The van der Waals surface area contributed by atoms with E-state index in [1.807, 2.05) is 6.07 Å². The first-order chi connectivity index (χ1) is 7.81. The number of hydrogen-bond donors (Lipinski definition) is 0. The fraction of sp³-hybridized carbons (Fsp3) is 0.182. The van der Waals surface area contributed by atoms with Crippen LogP contribution in [0.15, 0.2) is 23.3 Å². The van der Waals surface area contributed by atoms with E-state index in [2.05, 4.69) is 21.9 Å². The molecule has 5 nitrogen and oxygen atoms in total. The molecule has 0 fully saturated rings. The summed E-state index contributed by atoms with van der Waals surface area (Å²) in [6.45, 7) is 0.0819. The standard InChI is InChI=1S/C11H8N4O/c1-16-11-5-4-10(8-12)9(7-11)3-2-6-14-15-13/h4-5,7H,6H2,1H3. The highest BCUT2D eigenvalue weighted by Crippen LogP contribution is 2.15. The molecule has 1 aromatic rings. The minimum atomic E-state index is 0.0819. The van der Waals surface area contributed by atoms with E-state index in [1.54, 1.807) is 25.3 Å². The Labute approximate surface area is 92.9 Å². The molecule has 0 radical (unpaired) electrons. The molecule has 0 aliphatic rings. The lowest BCUT2D eigenvalue weighted by Gasteiger charge is -2.00. The summed E-state index contributed by atoms with van der Waals surface area (Å²) in [5.74, 6) is 6.04. The van der Waals surface area contributed by atoms with Gasteiger partial charge in [0, 0.05) is 10.5 Å². The predicted molar refractivity (Wildman–Crippen MR) is 58.6 cm³/mol. The Morgan fingerprint density at radius 1 is 1.50 bits per heavy atom. The molecule has 0 aliphatic carbocycles. The van der Waals surface area contributed by atoms with Gasteiger partial charge >= 0.3 is 0 Å². The molecule has 0 N–H and O–H groups in total. The van der Waals surface area contributed by atoms with Crippen molar-refractivity contribution >= 4 is 0 Å². The zero-order valence-electron chi connectivity index (χ0n) is 8.64. The molecule has 0 spiro atoms. The van der Waals surface area contributed by atoms with E-state index >= 15 is 0 Å². The number of methoxy groups -OCH3 is 1. The van der Waals surface area contributed by atoms with Crippen LogP contribution in [0.5, 0.6) is 5.75 Å². The Morgan fingerprint density at radius 3 is 2.94 bits per heavy atom. The number of ether oxygens (including phenoxy) is 1. The Bertz CT molecular complexity index is 527. The molecular formula is C11H8N4O. The monoisotopic (exact) mass is 212 g/mol. The molecule has 0 saturated heterocycles. The SMILES string of the molecule is COc1ccc(C#N)c(C#CCN=[N+]=[N-])c1. The minimum Gasteiger partial charge on any atom is -0.497 e. The average molecular weight is 212 g/mol. The minimum absolute atomic E-state index is 0.0819. The van der Waals surface area contributed by atoms with Crippen LogP contribution in [-0.2, 0) is 0 Å². The van der Waals surface area contributed by atoms with Gasteiger partial charge < -0.3 is 4.74 Å². The van der Waals surface area contributed by atoms with Gasteiger partial charge in [-0.25, -0.2) is 0 Å². The fourth-order valence-electron chi connectivity index (χ4n) is 1.05. The molecule has 78 valence electrons. The molecule has 16 heavy (non-hydrogen) atoms. The van der Waals surface area contributed by atoms with Crippen LogP contribution >= 0.6 is 0 Å². The summed E-state index contributed by atoms with van der Waals surface area (Å²) in [7, 11) is 1.54. The second kappa shape index (κ2) is 5.98. The number of nitriles is 1. The zero-order valence-corrected chi connectivity index (χ0v) is 8.64. The maximum absolute atomic E-state index is 8.84. The van der Waals surface area contributed by atoms with Gasteiger partial charge in [-0.05, 0) is 23.7 Å². The molecule has 0 atom stereocenters. The highest BCUT2D eigenvalue weighted by atomic mass is 16.5. The molecule has 0 bridgehead atoms. The van der Waals surface area contributed by atoms with Crippen molar-refractivity contribution in [2.75, 3.05) is 13.7 Å². The lowest BCUT2D eigenvalue weighted by Crippen LogP contribution is -1.88. The third-order valence-corrected chi connectivity index (χ3v) is 1.78. The summed E-state index contributed by atoms with van der Waals surface area (Å²) >= 11 is 0. The first-order valence-corrected chi connectivity index (χ1v) is 4.39. The second-order valence-electron chi connectivity index (χ2n) is 2.71. The lowest BCUT2D eigenvalue weighted by atomic mass is 10.1. The van der Waals surface area contributed by atoms with Gasteiger partial charge in [-0.15, -0.1) is 0 Å². The van der Waals surface area contributed by atoms with Gasteiger partial charge in [0.05, 0.1) is 19.2 Å². The second-order valence-corrected chi connectivity index (χ2v) is 2.71. The predicted octanol–water partition coefficient (Wildman–Crippen LogP) is 2.23. The Morgan fingerprint density at radius 2 is 2.31 bits per heavy atom. The average Bonchev–Trinajstić information content (AvgIpc) is 2.34. The van der Waals surface area contributed by atoms with Crippen LogP contribution in [-0.4, -0.2) is 13.7 Å². The van der Waals surface area contributed by atoms with E-state index < -0.39 is 0 Å². The van der Waals surface area contributed by atoms with Crippen molar-refractivity contribution in [2.45, 2.75) is 0 Å². The zero-order chi connectivity index (χ0) is 11.8. The Balaban J connectivity index is 3.03. The van der Waals surface area contributed by atoms with Crippen molar-refractivity contribution in [3.05, 3.63) is 39.8 Å². The van der Waals surface area contributed by atoms with Gasteiger partial charge in [0.2, 0.25) is 0 Å². The van der Waals surface area contributed by atoms with Gasteiger partial charge in [0.25, 0.3) is 0 Å². The molecule has 0 unspecified atom stereocenters. The molecule has 5 heteroatoms. The Kier molecular flexibility index (Phi) is 4.28. The van der Waals surface area contributed by atoms with Gasteiger partial charge in [0.1, 0.15) is 11.8 Å². The van der Waals surface area contributed by atoms with E-state index in [4.69, 9.17) is 15.5 Å². The van der Waals surface area contributed by atoms with Crippen LogP contribution in [0.25, 0.3) is 10.4 Å². The number of benzene rings is 1. The number of hydrogen-bond acceptors (Lipinski definition) is 3. The van der Waals surface area contributed by atoms with Crippen LogP contribution in [0.2, 0.25) is 0 Å². The van der Waals surface area contributed by atoms with Crippen molar-refractivity contribution in [2.24, 2.45) is 5.11 Å². The summed E-state index contributed by atoms with van der Waals surface area (Å²) in [4.78, 5) is 2.58. The number of nitrogens with zero attached hydrogens (tertiary/aromatic N) is 4. The van der Waals surface area contributed by atoms with Crippen LogP contribution in [0, 0.1) is 23.2 Å². The number of rotatable bonds is 2. The Hall–Kier alpha value is -2.62. The summed E-state index contributed by atoms with van der Waals surface area (Å²) < 4.78 is 5.02. The highest BCUT2D eigenvalue weighted by molar-refractivity contribution is 5.51. The van der Waals surface area contributed by atoms with Crippen molar-refractivity contribution in [1.82, 2.24) is 0 Å². The first-order valence-electron chi connectivity index (χ1n) is 4.39. The normalized spacial score (nSPS) is 8.00. The van der Waals surface area contributed by atoms with Crippen molar-refractivity contribution in [3.8, 4) is 23.7 Å². The van der Waals surface area contributed by atoms with Gasteiger partial charge in [-0.3, -0.25) is 0 Å². The summed E-state index contributed by atoms with van der Waals surface area (Å²) in [5, 5.41) is 12.1. The van der Waals surface area contributed by atoms with Gasteiger partial charge in [-0.1, -0.05) is 17.0 Å². The number of azide groups is 1. The summed E-state index contributed by atoms with van der Waals surface area (Å²) in [6, 6.07) is 7.02. The van der Waals surface area contributed by atoms with Gasteiger partial charge in [0.15, 0.2) is 0 Å². The van der Waals surface area contributed by atoms with E-state index in [1.165, 1.54) is 0 Å². The van der Waals surface area contributed by atoms with E-state index in [0.717, 1.165) is 0 Å². The summed E-state index contributed by atoms with van der Waals surface area (Å²) in [6.07, 6.45) is 0. The van der Waals surface area contributed by atoms with Crippen LogP contribution in [0.3, 0.4) is 0 Å². The first kappa shape index (κ1) is 11.5. The molecule has 0 aliphatic heterocycles. The van der Waals surface area contributed by atoms with Crippen molar-refractivity contribution in [1.29, 1.82) is 5.26 Å². The van der Waals surface area contributed by atoms with Crippen molar-refractivity contribution < 1.29 is 4.74 Å². The summed E-state index contributed by atoms with van der Waals surface area (Å²) in [5.41, 5.74) is 9.10. The third-order valence-electron chi connectivity index (χ3n) is 1.78. The molecule has 0 aromatic heterocycles. The van der Waals surface area contributed by atoms with Crippen LogP contribution < -0.4 is 4.74 Å². The smallest absolute Gasteiger partial charge is 0.120 e. The quantitative estimate of drug-likeness (QED) is 0.326. The maximum atomic E-state index is 8.84. The van der Waals surface area contributed by atoms with Crippen LogP contribution in [0.4, 0.5) is 0 Å².